The van der Waals surface area contributed by atoms with Gasteiger partial charge >= 0.3 is 5.97 Å². The van der Waals surface area contributed by atoms with Crippen molar-refractivity contribution in [2.75, 3.05) is 6.61 Å². The molecule has 94 valence electrons. The third-order valence-corrected chi connectivity index (χ3v) is 4.30. The van der Waals surface area contributed by atoms with E-state index in [1.807, 2.05) is 11.4 Å². The van der Waals surface area contributed by atoms with Crippen LogP contribution in [0.15, 0.2) is 17.5 Å². The van der Waals surface area contributed by atoms with Crippen LogP contribution in [0.3, 0.4) is 0 Å². The summed E-state index contributed by atoms with van der Waals surface area (Å²) in [5.41, 5.74) is 0. The van der Waals surface area contributed by atoms with Crippen molar-refractivity contribution in [3.05, 3.63) is 22.4 Å². The summed E-state index contributed by atoms with van der Waals surface area (Å²) in [6.45, 7) is 0.642. The summed E-state index contributed by atoms with van der Waals surface area (Å²) >= 11 is 1.70. The quantitative estimate of drug-likeness (QED) is 0.745. The molecule has 1 aromatic rings. The summed E-state index contributed by atoms with van der Waals surface area (Å²) in [4.78, 5) is 12.8. The summed E-state index contributed by atoms with van der Waals surface area (Å²) in [6.07, 6.45) is 7.77. The van der Waals surface area contributed by atoms with Gasteiger partial charge in [0.05, 0.1) is 13.0 Å². The summed E-state index contributed by atoms with van der Waals surface area (Å²) in [5, 5.41) is 2.04. The Balaban J connectivity index is 1.60. The molecule has 0 aromatic carbocycles. The lowest BCUT2D eigenvalue weighted by molar-refractivity contribution is -0.145. The molecule has 17 heavy (non-hydrogen) atoms. The highest BCUT2D eigenvalue weighted by Gasteiger charge is 2.15. The average molecular weight is 252 g/mol. The van der Waals surface area contributed by atoms with Crippen molar-refractivity contribution in [1.29, 1.82) is 0 Å². The second-order valence-electron chi connectivity index (χ2n) is 4.77. The molecule has 0 unspecified atom stereocenters. The van der Waals surface area contributed by atoms with E-state index in [1.54, 1.807) is 11.3 Å². The number of rotatable bonds is 5. The predicted molar refractivity (Wildman–Crippen MR) is 70.2 cm³/mol. The fraction of sp³-hybridized carbons (Fsp3) is 0.643. The van der Waals surface area contributed by atoms with Crippen LogP contribution in [-0.2, 0) is 16.0 Å². The van der Waals surface area contributed by atoms with Crippen molar-refractivity contribution < 1.29 is 9.53 Å². The molecule has 0 atom stereocenters. The van der Waals surface area contributed by atoms with E-state index < -0.39 is 0 Å². The molecular weight excluding hydrogens is 232 g/mol. The molecule has 1 fully saturated rings. The number of esters is 1. The van der Waals surface area contributed by atoms with Crippen LogP contribution >= 0.6 is 11.3 Å². The van der Waals surface area contributed by atoms with E-state index >= 15 is 0 Å². The highest BCUT2D eigenvalue weighted by molar-refractivity contribution is 7.09. The van der Waals surface area contributed by atoms with Gasteiger partial charge in [-0.25, -0.2) is 0 Å². The van der Waals surface area contributed by atoms with Crippen LogP contribution in [0.2, 0.25) is 0 Å². The van der Waals surface area contributed by atoms with E-state index in [9.17, 15) is 4.79 Å². The summed E-state index contributed by atoms with van der Waals surface area (Å²) < 4.78 is 5.35. The van der Waals surface area contributed by atoms with Gasteiger partial charge in [0.25, 0.3) is 0 Å². The highest BCUT2D eigenvalue weighted by atomic mass is 32.1. The Morgan fingerprint density at radius 3 is 2.88 bits per heavy atom. The zero-order valence-corrected chi connectivity index (χ0v) is 11.0. The Hall–Kier alpha value is -0.830. The van der Waals surface area contributed by atoms with Crippen molar-refractivity contribution in [3.8, 4) is 0 Å². The van der Waals surface area contributed by atoms with E-state index in [0.717, 1.165) is 6.42 Å². The van der Waals surface area contributed by atoms with Gasteiger partial charge in [-0.3, -0.25) is 4.79 Å². The molecule has 3 heteroatoms. The van der Waals surface area contributed by atoms with Crippen LogP contribution in [0.5, 0.6) is 0 Å². The molecule has 1 aromatic heterocycles. The van der Waals surface area contributed by atoms with E-state index in [4.69, 9.17) is 4.74 Å². The van der Waals surface area contributed by atoms with Crippen molar-refractivity contribution in [1.82, 2.24) is 0 Å². The lowest BCUT2D eigenvalue weighted by atomic mass is 9.90. The maximum atomic E-state index is 11.6. The standard InChI is InChI=1S/C14H20O2S/c15-14(9-8-13-7-4-10-17-13)16-11-12-5-2-1-3-6-12/h4,7,10,12H,1-3,5-6,8-9,11H2. The fourth-order valence-electron chi connectivity index (χ4n) is 2.32. The van der Waals surface area contributed by atoms with Crippen molar-refractivity contribution in [2.45, 2.75) is 44.9 Å². The van der Waals surface area contributed by atoms with Gasteiger partial charge in [0.2, 0.25) is 0 Å². The third-order valence-electron chi connectivity index (χ3n) is 3.36. The number of thiophene rings is 1. The van der Waals surface area contributed by atoms with Gasteiger partial charge < -0.3 is 4.74 Å². The first-order chi connectivity index (χ1) is 8.34. The second-order valence-corrected chi connectivity index (χ2v) is 5.80. The Kier molecular flexibility index (Phi) is 5.05. The topological polar surface area (TPSA) is 26.3 Å². The number of ether oxygens (including phenoxy) is 1. The van der Waals surface area contributed by atoms with Crippen LogP contribution in [0, 0.1) is 5.92 Å². The van der Waals surface area contributed by atoms with Gasteiger partial charge in [0.15, 0.2) is 0 Å². The van der Waals surface area contributed by atoms with Crippen LogP contribution in [-0.4, -0.2) is 12.6 Å². The Morgan fingerprint density at radius 1 is 1.35 bits per heavy atom. The van der Waals surface area contributed by atoms with Gasteiger partial charge in [0.1, 0.15) is 0 Å². The SMILES string of the molecule is O=C(CCc1cccs1)OCC1CCCCC1. The third kappa shape index (κ3) is 4.50. The molecule has 0 bridgehead atoms. The van der Waals surface area contributed by atoms with Crippen LogP contribution in [0.4, 0.5) is 0 Å². The Bertz CT molecular complexity index is 326. The maximum absolute atomic E-state index is 11.6. The molecule has 2 nitrogen and oxygen atoms in total. The number of aryl methyl sites for hydroxylation is 1. The summed E-state index contributed by atoms with van der Waals surface area (Å²) in [5.74, 6) is 0.582. The molecule has 0 N–H and O–H groups in total. The van der Waals surface area contributed by atoms with E-state index in [2.05, 4.69) is 6.07 Å². The van der Waals surface area contributed by atoms with Crippen molar-refractivity contribution >= 4 is 17.3 Å². The van der Waals surface area contributed by atoms with Crippen molar-refractivity contribution in [3.63, 3.8) is 0 Å². The number of carbonyl (C=O) groups excluding carboxylic acids is 1. The minimum atomic E-state index is -0.0380. The molecule has 1 aliphatic rings. The number of hydrogen-bond donors (Lipinski definition) is 0. The average Bonchev–Trinajstić information content (AvgIpc) is 2.88. The number of carbonyl (C=O) groups is 1. The lowest BCUT2D eigenvalue weighted by Gasteiger charge is -2.20. The molecule has 1 heterocycles. The smallest absolute Gasteiger partial charge is 0.306 e. The van der Waals surface area contributed by atoms with Gasteiger partial charge in [-0.2, -0.15) is 0 Å². The Labute approximate surface area is 107 Å². The first-order valence-corrected chi connectivity index (χ1v) is 7.40. The normalized spacial score (nSPS) is 16.9. The number of hydrogen-bond acceptors (Lipinski definition) is 3. The molecular formula is C14H20O2S. The first-order valence-electron chi connectivity index (χ1n) is 6.52. The van der Waals surface area contributed by atoms with E-state index in [-0.39, 0.29) is 5.97 Å². The minimum absolute atomic E-state index is 0.0380. The predicted octanol–water partition coefficient (Wildman–Crippen LogP) is 3.80. The molecule has 0 aliphatic heterocycles. The van der Waals surface area contributed by atoms with E-state index in [0.29, 0.717) is 18.9 Å². The van der Waals surface area contributed by atoms with E-state index in [1.165, 1.54) is 37.0 Å². The minimum Gasteiger partial charge on any atom is -0.465 e. The highest BCUT2D eigenvalue weighted by Crippen LogP contribution is 2.23. The first kappa shape index (κ1) is 12.6. The lowest BCUT2D eigenvalue weighted by Crippen LogP contribution is -2.16. The van der Waals surface area contributed by atoms with Gasteiger partial charge in [-0.05, 0) is 36.6 Å². The molecule has 2 rings (SSSR count). The zero-order chi connectivity index (χ0) is 11.9. The van der Waals surface area contributed by atoms with Crippen molar-refractivity contribution in [2.24, 2.45) is 5.92 Å². The monoisotopic (exact) mass is 252 g/mol. The van der Waals surface area contributed by atoms with Gasteiger partial charge in [-0.15, -0.1) is 11.3 Å². The molecule has 0 radical (unpaired) electrons. The Morgan fingerprint density at radius 2 is 2.18 bits per heavy atom. The van der Waals surface area contributed by atoms with Gasteiger partial charge in [0, 0.05) is 4.88 Å². The van der Waals surface area contributed by atoms with Crippen LogP contribution in [0.25, 0.3) is 0 Å². The van der Waals surface area contributed by atoms with Crippen LogP contribution in [0.1, 0.15) is 43.4 Å². The zero-order valence-electron chi connectivity index (χ0n) is 10.2. The molecule has 0 saturated heterocycles. The fourth-order valence-corrected chi connectivity index (χ4v) is 3.03. The molecule has 1 saturated carbocycles. The van der Waals surface area contributed by atoms with Gasteiger partial charge in [-0.1, -0.05) is 25.3 Å². The molecule has 0 spiro atoms. The largest absolute Gasteiger partial charge is 0.465 e. The van der Waals surface area contributed by atoms with Crippen LogP contribution < -0.4 is 0 Å². The second kappa shape index (κ2) is 6.80. The molecule has 0 amide bonds. The molecule has 1 aliphatic carbocycles. The summed E-state index contributed by atoms with van der Waals surface area (Å²) in [6, 6.07) is 4.09. The summed E-state index contributed by atoms with van der Waals surface area (Å²) in [7, 11) is 0. The maximum Gasteiger partial charge on any atom is 0.306 e.